The first-order valence-corrected chi connectivity index (χ1v) is 5.98. The number of hydrogen-bond acceptors (Lipinski definition) is 4. The normalized spacial score (nSPS) is 21.7. The molecular formula is C9H16N4S. The molecule has 0 aliphatic carbocycles. The minimum Gasteiger partial charge on any atom is -0.313 e. The standard InChI is InChI=1S/C9H16N4S/c1-7-11-12-9(13(7)2)14-6-8-4-3-5-10-8/h8,10H,3-6H2,1-2H3. The molecular weight excluding hydrogens is 196 g/mol. The summed E-state index contributed by atoms with van der Waals surface area (Å²) in [6.07, 6.45) is 2.60. The molecule has 0 radical (unpaired) electrons. The van der Waals surface area contributed by atoms with Gasteiger partial charge in [0.2, 0.25) is 0 Å². The Hall–Kier alpha value is -0.550. The molecule has 0 aromatic carbocycles. The first-order chi connectivity index (χ1) is 6.77. The SMILES string of the molecule is Cc1nnc(SCC2CCCN2)n1C. The summed E-state index contributed by atoms with van der Waals surface area (Å²) in [7, 11) is 2.01. The summed E-state index contributed by atoms with van der Waals surface area (Å²) in [5, 5.41) is 12.7. The van der Waals surface area contributed by atoms with Crippen molar-refractivity contribution in [2.75, 3.05) is 12.3 Å². The average molecular weight is 212 g/mol. The maximum Gasteiger partial charge on any atom is 0.190 e. The number of aryl methyl sites for hydroxylation is 1. The fraction of sp³-hybridized carbons (Fsp3) is 0.778. The molecule has 0 spiro atoms. The fourth-order valence-corrected chi connectivity index (χ4v) is 2.65. The first kappa shape index (κ1) is 9.98. The van der Waals surface area contributed by atoms with E-state index in [1.807, 2.05) is 18.5 Å². The molecule has 1 unspecified atom stereocenters. The Labute approximate surface area is 88.5 Å². The van der Waals surface area contributed by atoms with E-state index in [1.165, 1.54) is 19.4 Å². The Bertz CT molecular complexity index is 304. The number of thioether (sulfide) groups is 1. The molecule has 2 heterocycles. The average Bonchev–Trinajstić information content (AvgIpc) is 2.77. The molecule has 78 valence electrons. The summed E-state index contributed by atoms with van der Waals surface area (Å²) in [6, 6.07) is 0.664. The molecule has 2 rings (SSSR count). The Morgan fingerprint density at radius 2 is 2.43 bits per heavy atom. The number of nitrogens with zero attached hydrogens (tertiary/aromatic N) is 3. The van der Waals surface area contributed by atoms with Gasteiger partial charge in [0.1, 0.15) is 5.82 Å². The van der Waals surface area contributed by atoms with E-state index in [-0.39, 0.29) is 0 Å². The summed E-state index contributed by atoms with van der Waals surface area (Å²) in [5.41, 5.74) is 0. The topological polar surface area (TPSA) is 42.7 Å². The number of hydrogen-bond donors (Lipinski definition) is 1. The third kappa shape index (κ3) is 2.09. The van der Waals surface area contributed by atoms with Gasteiger partial charge in [0.15, 0.2) is 5.16 Å². The van der Waals surface area contributed by atoms with Crippen LogP contribution in [0.5, 0.6) is 0 Å². The molecule has 1 fully saturated rings. The summed E-state index contributed by atoms with van der Waals surface area (Å²) < 4.78 is 2.04. The molecule has 5 heteroatoms. The van der Waals surface area contributed by atoms with Crippen LogP contribution in [-0.2, 0) is 7.05 Å². The highest BCUT2D eigenvalue weighted by Crippen LogP contribution is 2.19. The summed E-state index contributed by atoms with van der Waals surface area (Å²) in [6.45, 7) is 3.15. The summed E-state index contributed by atoms with van der Waals surface area (Å²) >= 11 is 1.79. The van der Waals surface area contributed by atoms with Crippen molar-refractivity contribution >= 4 is 11.8 Å². The summed E-state index contributed by atoms with van der Waals surface area (Å²) in [4.78, 5) is 0. The van der Waals surface area contributed by atoms with Crippen molar-refractivity contribution in [3.8, 4) is 0 Å². The van der Waals surface area contributed by atoms with Crippen LogP contribution in [0.15, 0.2) is 5.16 Å². The molecule has 1 aliphatic heterocycles. The molecule has 4 nitrogen and oxygen atoms in total. The number of rotatable bonds is 3. The Morgan fingerprint density at radius 1 is 1.57 bits per heavy atom. The van der Waals surface area contributed by atoms with E-state index in [9.17, 15) is 0 Å². The van der Waals surface area contributed by atoms with Crippen LogP contribution >= 0.6 is 11.8 Å². The van der Waals surface area contributed by atoms with Gasteiger partial charge in [-0.25, -0.2) is 0 Å². The molecule has 0 amide bonds. The van der Waals surface area contributed by atoms with Crippen LogP contribution in [0.4, 0.5) is 0 Å². The molecule has 1 N–H and O–H groups in total. The van der Waals surface area contributed by atoms with Crippen molar-refractivity contribution in [3.05, 3.63) is 5.82 Å². The van der Waals surface area contributed by atoms with Gasteiger partial charge in [0.05, 0.1) is 0 Å². The van der Waals surface area contributed by atoms with Gasteiger partial charge in [0, 0.05) is 18.8 Å². The van der Waals surface area contributed by atoms with Crippen LogP contribution in [0.25, 0.3) is 0 Å². The van der Waals surface area contributed by atoms with Crippen molar-refractivity contribution in [2.45, 2.75) is 31.0 Å². The van der Waals surface area contributed by atoms with E-state index in [0.29, 0.717) is 6.04 Å². The predicted molar refractivity (Wildman–Crippen MR) is 57.5 cm³/mol. The van der Waals surface area contributed by atoms with Gasteiger partial charge in [-0.1, -0.05) is 11.8 Å². The minimum absolute atomic E-state index is 0.664. The van der Waals surface area contributed by atoms with Crippen molar-refractivity contribution in [3.63, 3.8) is 0 Å². The zero-order valence-electron chi connectivity index (χ0n) is 8.66. The highest BCUT2D eigenvalue weighted by atomic mass is 32.2. The van der Waals surface area contributed by atoms with Crippen molar-refractivity contribution in [1.29, 1.82) is 0 Å². The third-order valence-electron chi connectivity index (χ3n) is 2.63. The van der Waals surface area contributed by atoms with E-state index in [1.54, 1.807) is 11.8 Å². The van der Waals surface area contributed by atoms with Crippen molar-refractivity contribution in [1.82, 2.24) is 20.1 Å². The van der Waals surface area contributed by atoms with Gasteiger partial charge < -0.3 is 9.88 Å². The van der Waals surface area contributed by atoms with Gasteiger partial charge >= 0.3 is 0 Å². The Balaban J connectivity index is 1.88. The number of nitrogens with one attached hydrogen (secondary N) is 1. The van der Waals surface area contributed by atoms with Crippen LogP contribution < -0.4 is 5.32 Å². The van der Waals surface area contributed by atoms with Gasteiger partial charge in [-0.15, -0.1) is 10.2 Å². The Kier molecular flexibility index (Phi) is 3.08. The lowest BCUT2D eigenvalue weighted by molar-refractivity contribution is 0.670. The van der Waals surface area contributed by atoms with E-state index in [0.717, 1.165) is 16.7 Å². The van der Waals surface area contributed by atoms with E-state index in [2.05, 4.69) is 15.5 Å². The molecule has 14 heavy (non-hydrogen) atoms. The molecule has 1 saturated heterocycles. The zero-order valence-corrected chi connectivity index (χ0v) is 9.47. The minimum atomic E-state index is 0.664. The maximum absolute atomic E-state index is 4.12. The van der Waals surface area contributed by atoms with Gasteiger partial charge in [-0.2, -0.15) is 0 Å². The second-order valence-corrected chi connectivity index (χ2v) is 4.68. The van der Waals surface area contributed by atoms with Crippen LogP contribution in [0.1, 0.15) is 18.7 Å². The lowest BCUT2D eigenvalue weighted by atomic mass is 10.3. The van der Waals surface area contributed by atoms with E-state index < -0.39 is 0 Å². The van der Waals surface area contributed by atoms with Crippen molar-refractivity contribution < 1.29 is 0 Å². The zero-order chi connectivity index (χ0) is 9.97. The van der Waals surface area contributed by atoms with E-state index in [4.69, 9.17) is 0 Å². The van der Waals surface area contributed by atoms with Crippen molar-refractivity contribution in [2.24, 2.45) is 7.05 Å². The van der Waals surface area contributed by atoms with Gasteiger partial charge in [-0.05, 0) is 26.3 Å². The largest absolute Gasteiger partial charge is 0.313 e. The van der Waals surface area contributed by atoms with Gasteiger partial charge in [-0.3, -0.25) is 0 Å². The van der Waals surface area contributed by atoms with Crippen LogP contribution in [-0.4, -0.2) is 33.1 Å². The lowest BCUT2D eigenvalue weighted by Crippen LogP contribution is -2.23. The monoisotopic (exact) mass is 212 g/mol. The lowest BCUT2D eigenvalue weighted by Gasteiger charge is -2.08. The van der Waals surface area contributed by atoms with E-state index >= 15 is 0 Å². The molecule has 1 aromatic rings. The molecule has 0 bridgehead atoms. The molecule has 0 saturated carbocycles. The predicted octanol–water partition coefficient (Wildman–Crippen LogP) is 0.968. The quantitative estimate of drug-likeness (QED) is 0.758. The second kappa shape index (κ2) is 4.31. The molecule has 1 aliphatic rings. The molecule has 1 atom stereocenters. The first-order valence-electron chi connectivity index (χ1n) is 4.99. The second-order valence-electron chi connectivity index (χ2n) is 3.69. The van der Waals surface area contributed by atoms with Gasteiger partial charge in [0.25, 0.3) is 0 Å². The fourth-order valence-electron chi connectivity index (χ4n) is 1.59. The highest BCUT2D eigenvalue weighted by Gasteiger charge is 2.15. The third-order valence-corrected chi connectivity index (χ3v) is 3.81. The van der Waals surface area contributed by atoms with Crippen LogP contribution in [0.2, 0.25) is 0 Å². The number of aromatic nitrogens is 3. The Morgan fingerprint density at radius 3 is 3.00 bits per heavy atom. The highest BCUT2D eigenvalue weighted by molar-refractivity contribution is 7.99. The smallest absolute Gasteiger partial charge is 0.190 e. The molecule has 1 aromatic heterocycles. The van der Waals surface area contributed by atoms with Crippen LogP contribution in [0.3, 0.4) is 0 Å². The summed E-state index contributed by atoms with van der Waals surface area (Å²) in [5.74, 6) is 2.08. The van der Waals surface area contributed by atoms with Crippen LogP contribution in [0, 0.1) is 6.92 Å². The maximum atomic E-state index is 4.12.